The zero-order valence-corrected chi connectivity index (χ0v) is 7.91. The molecule has 0 spiro atoms. The molecule has 0 saturated heterocycles. The lowest BCUT2D eigenvalue weighted by Crippen LogP contribution is -2.41. The molecule has 2 atom stereocenters. The second-order valence-electron chi connectivity index (χ2n) is 3.05. The highest BCUT2D eigenvalue weighted by molar-refractivity contribution is 5.83. The van der Waals surface area contributed by atoms with Gasteiger partial charge in [-0.1, -0.05) is 6.92 Å². The molecule has 13 heavy (non-hydrogen) atoms. The highest BCUT2D eigenvalue weighted by Gasteiger charge is 2.17. The van der Waals surface area contributed by atoms with Gasteiger partial charge < -0.3 is 16.2 Å². The van der Waals surface area contributed by atoms with Crippen LogP contribution in [-0.2, 0) is 9.59 Å². The number of aliphatic carboxylic acids is 1. The van der Waals surface area contributed by atoms with Crippen LogP contribution in [0.1, 0.15) is 26.7 Å². The van der Waals surface area contributed by atoms with Crippen molar-refractivity contribution >= 4 is 11.9 Å². The maximum atomic E-state index is 11.1. The number of carbonyl (C=O) groups excluding carboxylic acids is 1. The summed E-state index contributed by atoms with van der Waals surface area (Å²) in [7, 11) is 0. The van der Waals surface area contributed by atoms with Crippen LogP contribution in [0.2, 0.25) is 0 Å². The van der Waals surface area contributed by atoms with Crippen molar-refractivity contribution < 1.29 is 14.7 Å². The van der Waals surface area contributed by atoms with Crippen molar-refractivity contribution in [2.75, 3.05) is 0 Å². The number of carboxylic acid groups (broad SMARTS) is 1. The Bertz CT molecular complexity index is 192. The molecule has 0 rings (SSSR count). The SMILES string of the molecule is CC[C@@H](NC(=O)CC(C)N)C(=O)O. The van der Waals surface area contributed by atoms with Crippen LogP contribution in [0.4, 0.5) is 0 Å². The van der Waals surface area contributed by atoms with Gasteiger partial charge in [0, 0.05) is 12.5 Å². The summed E-state index contributed by atoms with van der Waals surface area (Å²) in [6.07, 6.45) is 0.532. The molecule has 4 N–H and O–H groups in total. The number of rotatable bonds is 5. The van der Waals surface area contributed by atoms with Crippen molar-refractivity contribution in [1.82, 2.24) is 5.32 Å². The van der Waals surface area contributed by atoms with Crippen molar-refractivity contribution in [1.29, 1.82) is 0 Å². The monoisotopic (exact) mass is 188 g/mol. The summed E-state index contributed by atoms with van der Waals surface area (Å²) in [5, 5.41) is 11.0. The van der Waals surface area contributed by atoms with E-state index in [-0.39, 0.29) is 18.4 Å². The molecule has 0 radical (unpaired) electrons. The number of carbonyl (C=O) groups is 2. The first-order chi connectivity index (χ1) is 5.97. The van der Waals surface area contributed by atoms with Gasteiger partial charge in [0.25, 0.3) is 0 Å². The van der Waals surface area contributed by atoms with Gasteiger partial charge in [-0.05, 0) is 13.3 Å². The van der Waals surface area contributed by atoms with E-state index >= 15 is 0 Å². The second-order valence-corrected chi connectivity index (χ2v) is 3.05. The fourth-order valence-corrected chi connectivity index (χ4v) is 0.884. The molecular formula is C8H16N2O3. The molecule has 0 aliphatic rings. The van der Waals surface area contributed by atoms with Gasteiger partial charge in [0.05, 0.1) is 0 Å². The third-order valence-electron chi connectivity index (χ3n) is 1.55. The van der Waals surface area contributed by atoms with Gasteiger partial charge in [0.1, 0.15) is 6.04 Å². The molecular weight excluding hydrogens is 172 g/mol. The number of hydrogen-bond acceptors (Lipinski definition) is 3. The lowest BCUT2D eigenvalue weighted by molar-refractivity contribution is -0.141. The van der Waals surface area contributed by atoms with Crippen LogP contribution in [0.25, 0.3) is 0 Å². The maximum Gasteiger partial charge on any atom is 0.326 e. The van der Waals surface area contributed by atoms with E-state index in [1.54, 1.807) is 13.8 Å². The van der Waals surface area contributed by atoms with Crippen LogP contribution in [0.15, 0.2) is 0 Å². The molecule has 5 nitrogen and oxygen atoms in total. The number of hydrogen-bond donors (Lipinski definition) is 3. The first-order valence-electron chi connectivity index (χ1n) is 4.25. The minimum Gasteiger partial charge on any atom is -0.480 e. The number of nitrogens with two attached hydrogens (primary N) is 1. The molecule has 0 saturated carbocycles. The highest BCUT2D eigenvalue weighted by atomic mass is 16.4. The second kappa shape index (κ2) is 5.53. The molecule has 1 unspecified atom stereocenters. The van der Waals surface area contributed by atoms with Crippen LogP contribution in [-0.4, -0.2) is 29.1 Å². The Labute approximate surface area is 77.3 Å². The van der Waals surface area contributed by atoms with Gasteiger partial charge >= 0.3 is 5.97 Å². The van der Waals surface area contributed by atoms with E-state index in [1.807, 2.05) is 0 Å². The van der Waals surface area contributed by atoms with Crippen LogP contribution < -0.4 is 11.1 Å². The Morgan fingerprint density at radius 3 is 2.38 bits per heavy atom. The fraction of sp³-hybridized carbons (Fsp3) is 0.750. The van der Waals surface area contributed by atoms with Crippen molar-refractivity contribution in [2.45, 2.75) is 38.8 Å². The van der Waals surface area contributed by atoms with Gasteiger partial charge in [0.2, 0.25) is 5.91 Å². The standard InChI is InChI=1S/C8H16N2O3/c1-3-6(8(12)13)10-7(11)4-5(2)9/h5-6H,3-4,9H2,1-2H3,(H,10,11)(H,12,13)/t5?,6-/m1/s1. The summed E-state index contributed by atoms with van der Waals surface area (Å²) < 4.78 is 0. The summed E-state index contributed by atoms with van der Waals surface area (Å²) in [5.41, 5.74) is 5.38. The van der Waals surface area contributed by atoms with Gasteiger partial charge in [-0.25, -0.2) is 4.79 Å². The number of amides is 1. The van der Waals surface area contributed by atoms with Crippen LogP contribution in [0.5, 0.6) is 0 Å². The molecule has 0 aromatic heterocycles. The third kappa shape index (κ3) is 5.19. The van der Waals surface area contributed by atoms with Crippen molar-refractivity contribution in [2.24, 2.45) is 5.73 Å². The molecule has 0 aromatic rings. The molecule has 0 aliphatic carbocycles. The topological polar surface area (TPSA) is 92.4 Å². The van der Waals surface area contributed by atoms with Crippen LogP contribution in [0.3, 0.4) is 0 Å². The normalized spacial score (nSPS) is 14.7. The molecule has 5 heteroatoms. The Morgan fingerprint density at radius 2 is 2.08 bits per heavy atom. The summed E-state index contributed by atoms with van der Waals surface area (Å²) in [6.45, 7) is 3.40. The minimum atomic E-state index is -1.01. The molecule has 0 bridgehead atoms. The Kier molecular flexibility index (Phi) is 5.06. The average Bonchev–Trinajstić information content (AvgIpc) is 1.98. The largest absolute Gasteiger partial charge is 0.480 e. The van der Waals surface area contributed by atoms with Crippen LogP contribution >= 0.6 is 0 Å². The van der Waals surface area contributed by atoms with E-state index < -0.39 is 12.0 Å². The smallest absolute Gasteiger partial charge is 0.326 e. The Morgan fingerprint density at radius 1 is 1.54 bits per heavy atom. The quantitative estimate of drug-likeness (QED) is 0.552. The van der Waals surface area contributed by atoms with Crippen molar-refractivity contribution in [3.8, 4) is 0 Å². The van der Waals surface area contributed by atoms with E-state index in [2.05, 4.69) is 5.32 Å². The first-order valence-corrected chi connectivity index (χ1v) is 4.25. The predicted octanol–water partition coefficient (Wildman–Crippen LogP) is -0.297. The minimum absolute atomic E-state index is 0.157. The zero-order chi connectivity index (χ0) is 10.4. The van der Waals surface area contributed by atoms with Crippen LogP contribution in [0, 0.1) is 0 Å². The molecule has 76 valence electrons. The van der Waals surface area contributed by atoms with Crippen molar-refractivity contribution in [3.05, 3.63) is 0 Å². The van der Waals surface area contributed by atoms with E-state index in [0.29, 0.717) is 6.42 Å². The van der Waals surface area contributed by atoms with E-state index in [4.69, 9.17) is 10.8 Å². The summed E-state index contributed by atoms with van der Waals surface area (Å²) in [5.74, 6) is -1.33. The first kappa shape index (κ1) is 11.9. The highest BCUT2D eigenvalue weighted by Crippen LogP contribution is 1.93. The predicted molar refractivity (Wildman–Crippen MR) is 48.1 cm³/mol. The molecule has 0 fully saturated rings. The molecule has 1 amide bonds. The molecule has 0 aliphatic heterocycles. The van der Waals surface area contributed by atoms with E-state index in [1.165, 1.54) is 0 Å². The van der Waals surface area contributed by atoms with E-state index in [9.17, 15) is 9.59 Å². The fourth-order valence-electron chi connectivity index (χ4n) is 0.884. The molecule has 0 aromatic carbocycles. The van der Waals surface area contributed by atoms with Crippen molar-refractivity contribution in [3.63, 3.8) is 0 Å². The number of nitrogens with one attached hydrogen (secondary N) is 1. The van der Waals surface area contributed by atoms with E-state index in [0.717, 1.165) is 0 Å². The molecule has 0 heterocycles. The Hall–Kier alpha value is -1.10. The van der Waals surface area contributed by atoms with Gasteiger partial charge in [-0.2, -0.15) is 0 Å². The summed E-state index contributed by atoms with van der Waals surface area (Å²) >= 11 is 0. The van der Waals surface area contributed by atoms with Gasteiger partial charge in [-0.15, -0.1) is 0 Å². The number of carboxylic acids is 1. The lowest BCUT2D eigenvalue weighted by atomic mass is 10.2. The summed E-state index contributed by atoms with van der Waals surface area (Å²) in [4.78, 5) is 21.6. The van der Waals surface area contributed by atoms with Gasteiger partial charge in [0.15, 0.2) is 0 Å². The average molecular weight is 188 g/mol. The van der Waals surface area contributed by atoms with Gasteiger partial charge in [-0.3, -0.25) is 4.79 Å². The maximum absolute atomic E-state index is 11.1. The zero-order valence-electron chi connectivity index (χ0n) is 7.91. The Balaban J connectivity index is 3.94. The lowest BCUT2D eigenvalue weighted by Gasteiger charge is -2.12. The third-order valence-corrected chi connectivity index (χ3v) is 1.55. The summed E-state index contributed by atoms with van der Waals surface area (Å²) in [6, 6.07) is -1.04.